The molecular formula is C31H42. The fourth-order valence-electron chi connectivity index (χ4n) is 4.23. The molecule has 0 saturated carbocycles. The summed E-state index contributed by atoms with van der Waals surface area (Å²) in [6.07, 6.45) is 6.98. The monoisotopic (exact) mass is 414 g/mol. The van der Waals surface area contributed by atoms with Crippen LogP contribution < -0.4 is 0 Å². The van der Waals surface area contributed by atoms with Crippen molar-refractivity contribution in [1.29, 1.82) is 0 Å². The Kier molecular flexibility index (Phi) is 7.93. The van der Waals surface area contributed by atoms with Crippen molar-refractivity contribution in [3.05, 3.63) is 91.6 Å². The van der Waals surface area contributed by atoms with Crippen LogP contribution in [0.4, 0.5) is 0 Å². The van der Waals surface area contributed by atoms with Crippen LogP contribution in [-0.4, -0.2) is 0 Å². The van der Waals surface area contributed by atoms with Crippen LogP contribution in [0, 0.1) is 67.2 Å². The van der Waals surface area contributed by atoms with Crippen LogP contribution in [0.2, 0.25) is 0 Å². The molecule has 0 bridgehead atoms. The zero-order chi connectivity index (χ0) is 23.6. The van der Waals surface area contributed by atoms with Gasteiger partial charge in [0.2, 0.25) is 0 Å². The Labute approximate surface area is 191 Å². The minimum absolute atomic E-state index is 0.383. The van der Waals surface area contributed by atoms with Crippen molar-refractivity contribution in [3.8, 4) is 0 Å². The van der Waals surface area contributed by atoms with Crippen LogP contribution in [0.25, 0.3) is 12.2 Å². The number of aryl methyl sites for hydroxylation is 2. The molecule has 31 heavy (non-hydrogen) atoms. The standard InChI is InChI=1S/C31H42/c1-18(13-14-30-15-19(2)24(7)26(9)28(30)11)22(5)23(6)20(3)16-31-17-21(4)25(8)27(10)29(31)12/h13-18,22H,6H2,1-5,7-12H3/b14-13+,20-16+. The first-order chi connectivity index (χ1) is 14.4. The van der Waals surface area contributed by atoms with Crippen LogP contribution in [-0.2, 0) is 0 Å². The maximum Gasteiger partial charge on any atom is -0.0133 e. The van der Waals surface area contributed by atoms with E-state index in [1.54, 1.807) is 0 Å². The van der Waals surface area contributed by atoms with Gasteiger partial charge in [0.25, 0.3) is 0 Å². The Balaban J connectivity index is 2.25. The van der Waals surface area contributed by atoms with Gasteiger partial charge < -0.3 is 0 Å². The van der Waals surface area contributed by atoms with Gasteiger partial charge in [-0.15, -0.1) is 0 Å². The Morgan fingerprint density at radius 1 is 0.710 bits per heavy atom. The summed E-state index contributed by atoms with van der Waals surface area (Å²) in [6, 6.07) is 4.63. The van der Waals surface area contributed by atoms with Crippen molar-refractivity contribution >= 4 is 12.2 Å². The summed E-state index contributed by atoms with van der Waals surface area (Å²) in [4.78, 5) is 0. The van der Waals surface area contributed by atoms with E-state index in [2.05, 4.69) is 113 Å². The molecule has 0 nitrogen and oxygen atoms in total. The molecule has 0 aromatic heterocycles. The lowest BCUT2D eigenvalue weighted by molar-refractivity contribution is 0.538. The predicted molar refractivity (Wildman–Crippen MR) is 141 cm³/mol. The molecule has 2 rings (SSSR count). The van der Waals surface area contributed by atoms with Crippen LogP contribution in [0.1, 0.15) is 76.4 Å². The van der Waals surface area contributed by atoms with E-state index < -0.39 is 0 Å². The van der Waals surface area contributed by atoms with Gasteiger partial charge in [0.1, 0.15) is 0 Å². The van der Waals surface area contributed by atoms with Gasteiger partial charge in [-0.25, -0.2) is 0 Å². The number of allylic oxidation sites excluding steroid dienone is 3. The SMILES string of the molecule is C=C(/C(C)=C/c1cc(C)c(C)c(C)c1C)C(C)C(C)/C=C/c1cc(C)c(C)c(C)c1C. The molecule has 0 heteroatoms. The third-order valence-electron chi connectivity index (χ3n) is 7.84. The summed E-state index contributed by atoms with van der Waals surface area (Å²) >= 11 is 0. The molecule has 0 saturated heterocycles. The molecule has 0 fully saturated rings. The largest absolute Gasteiger partial charge is 0.0953 e. The maximum atomic E-state index is 4.47. The van der Waals surface area contributed by atoms with E-state index >= 15 is 0 Å². The lowest BCUT2D eigenvalue weighted by Gasteiger charge is -2.21. The summed E-state index contributed by atoms with van der Waals surface area (Å²) in [7, 11) is 0. The fourth-order valence-corrected chi connectivity index (χ4v) is 4.23. The van der Waals surface area contributed by atoms with Gasteiger partial charge in [0.05, 0.1) is 0 Å². The first-order valence-electron chi connectivity index (χ1n) is 11.6. The maximum absolute atomic E-state index is 4.47. The number of hydrogen-bond donors (Lipinski definition) is 0. The summed E-state index contributed by atoms with van der Waals surface area (Å²) < 4.78 is 0. The molecule has 2 atom stereocenters. The Morgan fingerprint density at radius 3 is 1.68 bits per heavy atom. The molecule has 0 aliphatic carbocycles. The zero-order valence-corrected chi connectivity index (χ0v) is 21.7. The molecule has 0 spiro atoms. The van der Waals surface area contributed by atoms with Gasteiger partial charge in [-0.2, -0.15) is 0 Å². The smallest absolute Gasteiger partial charge is 0.0133 e. The second-order valence-corrected chi connectivity index (χ2v) is 9.67. The Morgan fingerprint density at radius 2 is 1.16 bits per heavy atom. The lowest BCUT2D eigenvalue weighted by atomic mass is 9.84. The highest BCUT2D eigenvalue weighted by molar-refractivity contribution is 5.64. The molecule has 2 unspecified atom stereocenters. The zero-order valence-electron chi connectivity index (χ0n) is 21.7. The summed E-state index contributed by atoms with van der Waals surface area (Å²) in [5, 5.41) is 0. The van der Waals surface area contributed by atoms with E-state index in [1.807, 2.05) is 0 Å². The third-order valence-corrected chi connectivity index (χ3v) is 7.84. The first kappa shape index (κ1) is 24.9. The van der Waals surface area contributed by atoms with Gasteiger partial charge in [0, 0.05) is 0 Å². The van der Waals surface area contributed by atoms with Crippen LogP contribution in [0.3, 0.4) is 0 Å². The van der Waals surface area contributed by atoms with E-state index in [0.29, 0.717) is 11.8 Å². The van der Waals surface area contributed by atoms with Crippen LogP contribution in [0.5, 0.6) is 0 Å². The highest BCUT2D eigenvalue weighted by Gasteiger charge is 2.15. The molecule has 2 aromatic rings. The Hall–Kier alpha value is -2.34. The number of hydrogen-bond acceptors (Lipinski definition) is 0. The second-order valence-electron chi connectivity index (χ2n) is 9.67. The molecule has 0 aliphatic heterocycles. The Bertz CT molecular complexity index is 1060. The van der Waals surface area contributed by atoms with E-state index in [1.165, 1.54) is 66.8 Å². The fraction of sp³-hybridized carbons (Fsp3) is 0.419. The van der Waals surface area contributed by atoms with Crippen molar-refractivity contribution < 1.29 is 0 Å². The van der Waals surface area contributed by atoms with Crippen LogP contribution >= 0.6 is 0 Å². The normalized spacial score (nSPS) is 14.2. The summed E-state index contributed by atoms with van der Waals surface area (Å²) in [5.41, 5.74) is 16.2. The van der Waals surface area contributed by atoms with E-state index in [9.17, 15) is 0 Å². The molecule has 0 N–H and O–H groups in total. The minimum atomic E-state index is 0.383. The molecule has 0 heterocycles. The quantitative estimate of drug-likeness (QED) is 0.413. The first-order valence-corrected chi connectivity index (χ1v) is 11.6. The van der Waals surface area contributed by atoms with Crippen molar-refractivity contribution in [2.24, 2.45) is 11.8 Å². The lowest BCUT2D eigenvalue weighted by Crippen LogP contribution is -2.09. The van der Waals surface area contributed by atoms with Crippen LogP contribution in [0.15, 0.2) is 35.9 Å². The van der Waals surface area contributed by atoms with Gasteiger partial charge in [-0.3, -0.25) is 0 Å². The molecule has 0 radical (unpaired) electrons. The number of rotatable bonds is 6. The number of benzene rings is 2. The van der Waals surface area contributed by atoms with E-state index in [-0.39, 0.29) is 0 Å². The van der Waals surface area contributed by atoms with E-state index in [4.69, 9.17) is 0 Å². The molecule has 2 aromatic carbocycles. The van der Waals surface area contributed by atoms with Crippen molar-refractivity contribution in [3.63, 3.8) is 0 Å². The van der Waals surface area contributed by atoms with Gasteiger partial charge in [-0.05, 0) is 141 Å². The molecule has 0 amide bonds. The summed E-state index contributed by atoms with van der Waals surface area (Å²) in [5.74, 6) is 0.799. The van der Waals surface area contributed by atoms with Gasteiger partial charge in [-0.1, -0.05) is 50.8 Å². The minimum Gasteiger partial charge on any atom is -0.0953 e. The highest BCUT2D eigenvalue weighted by atomic mass is 14.2. The average Bonchev–Trinajstić information content (AvgIpc) is 2.74. The summed E-state index contributed by atoms with van der Waals surface area (Å²) in [6.45, 7) is 29.0. The topological polar surface area (TPSA) is 0 Å². The molecule has 0 aliphatic rings. The molecular weight excluding hydrogens is 372 g/mol. The molecule has 166 valence electrons. The van der Waals surface area contributed by atoms with Crippen molar-refractivity contribution in [1.82, 2.24) is 0 Å². The average molecular weight is 415 g/mol. The van der Waals surface area contributed by atoms with Gasteiger partial charge >= 0.3 is 0 Å². The highest BCUT2D eigenvalue weighted by Crippen LogP contribution is 2.30. The van der Waals surface area contributed by atoms with Crippen molar-refractivity contribution in [2.75, 3.05) is 0 Å². The van der Waals surface area contributed by atoms with E-state index in [0.717, 1.165) is 0 Å². The van der Waals surface area contributed by atoms with Crippen molar-refractivity contribution in [2.45, 2.75) is 76.2 Å². The van der Waals surface area contributed by atoms with Gasteiger partial charge in [0.15, 0.2) is 0 Å². The second kappa shape index (κ2) is 9.86. The predicted octanol–water partition coefficient (Wildman–Crippen LogP) is 9.10. The third kappa shape index (κ3) is 5.29.